The van der Waals surface area contributed by atoms with Crippen molar-refractivity contribution in [3.8, 4) is 0 Å². The maximum Gasteiger partial charge on any atom is 0.0594 e. The van der Waals surface area contributed by atoms with Gasteiger partial charge in [-0.3, -0.25) is 4.90 Å². The quantitative estimate of drug-likeness (QED) is 0.633. The van der Waals surface area contributed by atoms with Crippen molar-refractivity contribution in [3.63, 3.8) is 0 Å². The summed E-state index contributed by atoms with van der Waals surface area (Å²) in [5.41, 5.74) is 0. The SMILES string of the molecule is CCC(CO)N1CCOCC1. The normalized spacial score (nSPS) is 23.5. The van der Waals surface area contributed by atoms with E-state index >= 15 is 0 Å². The van der Waals surface area contributed by atoms with Crippen molar-refractivity contribution in [2.75, 3.05) is 32.9 Å². The smallest absolute Gasteiger partial charge is 0.0594 e. The highest BCUT2D eigenvalue weighted by molar-refractivity contribution is 4.71. The zero-order valence-corrected chi connectivity index (χ0v) is 7.12. The Morgan fingerprint density at radius 2 is 2.09 bits per heavy atom. The minimum atomic E-state index is 0.274. The minimum absolute atomic E-state index is 0.274. The van der Waals surface area contributed by atoms with E-state index < -0.39 is 0 Å². The molecule has 0 aliphatic carbocycles. The van der Waals surface area contributed by atoms with Crippen LogP contribution in [0.5, 0.6) is 0 Å². The molecule has 1 rings (SSSR count). The molecule has 0 aromatic rings. The van der Waals surface area contributed by atoms with Crippen LogP contribution in [0.1, 0.15) is 13.3 Å². The standard InChI is InChI=1S/C8H17NO2/c1-2-8(7-10)9-3-5-11-6-4-9/h8,10H,2-7H2,1H3. The number of nitrogens with zero attached hydrogens (tertiary/aromatic N) is 1. The zero-order valence-electron chi connectivity index (χ0n) is 7.12. The van der Waals surface area contributed by atoms with Gasteiger partial charge in [0.05, 0.1) is 19.8 Å². The Bertz CT molecular complexity index is 98.3. The molecule has 11 heavy (non-hydrogen) atoms. The number of rotatable bonds is 3. The van der Waals surface area contributed by atoms with Crippen LogP contribution in [-0.2, 0) is 4.74 Å². The van der Waals surface area contributed by atoms with E-state index in [-0.39, 0.29) is 6.61 Å². The molecule has 1 N–H and O–H groups in total. The van der Waals surface area contributed by atoms with Crippen molar-refractivity contribution in [2.45, 2.75) is 19.4 Å². The highest BCUT2D eigenvalue weighted by Gasteiger charge is 2.17. The Morgan fingerprint density at radius 1 is 1.45 bits per heavy atom. The molecule has 1 heterocycles. The van der Waals surface area contributed by atoms with Crippen LogP contribution >= 0.6 is 0 Å². The van der Waals surface area contributed by atoms with E-state index in [1.807, 2.05) is 0 Å². The topological polar surface area (TPSA) is 32.7 Å². The van der Waals surface area contributed by atoms with Crippen molar-refractivity contribution in [1.82, 2.24) is 4.90 Å². The molecule has 0 aromatic carbocycles. The maximum atomic E-state index is 9.00. The van der Waals surface area contributed by atoms with Crippen molar-refractivity contribution in [2.24, 2.45) is 0 Å². The van der Waals surface area contributed by atoms with Gasteiger partial charge >= 0.3 is 0 Å². The summed E-state index contributed by atoms with van der Waals surface area (Å²) in [4.78, 5) is 2.30. The molecule has 1 saturated heterocycles. The lowest BCUT2D eigenvalue weighted by molar-refractivity contribution is 0.00242. The van der Waals surface area contributed by atoms with Gasteiger partial charge in [-0.15, -0.1) is 0 Å². The van der Waals surface area contributed by atoms with Gasteiger partial charge in [0.1, 0.15) is 0 Å². The summed E-state index contributed by atoms with van der Waals surface area (Å²) in [5.74, 6) is 0. The molecule has 3 nitrogen and oxygen atoms in total. The molecule has 0 bridgehead atoms. The average molecular weight is 159 g/mol. The van der Waals surface area contributed by atoms with E-state index in [9.17, 15) is 0 Å². The number of hydrogen-bond donors (Lipinski definition) is 1. The van der Waals surface area contributed by atoms with Crippen LogP contribution in [0, 0.1) is 0 Å². The molecule has 0 amide bonds. The van der Waals surface area contributed by atoms with Crippen molar-refractivity contribution in [3.05, 3.63) is 0 Å². The fourth-order valence-electron chi connectivity index (χ4n) is 1.45. The Kier molecular flexibility index (Phi) is 3.83. The molecular formula is C8H17NO2. The molecule has 1 fully saturated rings. The first-order chi connectivity index (χ1) is 5.38. The van der Waals surface area contributed by atoms with E-state index in [0.29, 0.717) is 6.04 Å². The number of aliphatic hydroxyl groups is 1. The van der Waals surface area contributed by atoms with Gasteiger partial charge in [0.15, 0.2) is 0 Å². The Morgan fingerprint density at radius 3 is 2.55 bits per heavy atom. The third-order valence-electron chi connectivity index (χ3n) is 2.24. The average Bonchev–Trinajstić information content (AvgIpc) is 2.09. The first kappa shape index (κ1) is 8.97. The second-order valence-electron chi connectivity index (χ2n) is 2.89. The summed E-state index contributed by atoms with van der Waals surface area (Å²) in [6.07, 6.45) is 1.02. The minimum Gasteiger partial charge on any atom is -0.395 e. The van der Waals surface area contributed by atoms with Crippen LogP contribution in [0.3, 0.4) is 0 Å². The Balaban J connectivity index is 2.30. The first-order valence-electron chi connectivity index (χ1n) is 4.31. The van der Waals surface area contributed by atoms with E-state index in [1.165, 1.54) is 0 Å². The fraction of sp³-hybridized carbons (Fsp3) is 1.00. The number of hydrogen-bond acceptors (Lipinski definition) is 3. The van der Waals surface area contributed by atoms with Crippen molar-refractivity contribution >= 4 is 0 Å². The second kappa shape index (κ2) is 4.70. The van der Waals surface area contributed by atoms with Gasteiger partial charge in [0.2, 0.25) is 0 Å². The van der Waals surface area contributed by atoms with Gasteiger partial charge in [-0.2, -0.15) is 0 Å². The van der Waals surface area contributed by atoms with Gasteiger partial charge in [0, 0.05) is 19.1 Å². The van der Waals surface area contributed by atoms with Gasteiger partial charge in [-0.1, -0.05) is 6.92 Å². The predicted molar refractivity (Wildman–Crippen MR) is 43.6 cm³/mol. The predicted octanol–water partition coefficient (Wildman–Crippen LogP) is 0.0895. The third kappa shape index (κ3) is 2.43. The van der Waals surface area contributed by atoms with Crippen LogP contribution < -0.4 is 0 Å². The highest BCUT2D eigenvalue weighted by atomic mass is 16.5. The van der Waals surface area contributed by atoms with Crippen molar-refractivity contribution < 1.29 is 9.84 Å². The molecule has 1 aliphatic heterocycles. The van der Waals surface area contributed by atoms with Crippen molar-refractivity contribution in [1.29, 1.82) is 0 Å². The summed E-state index contributed by atoms with van der Waals surface area (Å²) in [7, 11) is 0. The van der Waals surface area contributed by atoms with Crippen LogP contribution in [0.2, 0.25) is 0 Å². The molecule has 1 unspecified atom stereocenters. The largest absolute Gasteiger partial charge is 0.395 e. The van der Waals surface area contributed by atoms with Gasteiger partial charge in [-0.05, 0) is 6.42 Å². The number of ether oxygens (including phenoxy) is 1. The van der Waals surface area contributed by atoms with Gasteiger partial charge in [0.25, 0.3) is 0 Å². The van der Waals surface area contributed by atoms with Crippen LogP contribution in [0.15, 0.2) is 0 Å². The van der Waals surface area contributed by atoms with Crippen LogP contribution in [-0.4, -0.2) is 49.0 Å². The molecular weight excluding hydrogens is 142 g/mol. The van der Waals surface area contributed by atoms with Gasteiger partial charge in [-0.25, -0.2) is 0 Å². The summed E-state index contributed by atoms with van der Waals surface area (Å²) in [6, 6.07) is 0.346. The lowest BCUT2D eigenvalue weighted by atomic mass is 10.2. The molecule has 0 radical (unpaired) electrons. The van der Waals surface area contributed by atoms with Gasteiger partial charge < -0.3 is 9.84 Å². The van der Waals surface area contributed by atoms with E-state index in [0.717, 1.165) is 32.7 Å². The lowest BCUT2D eigenvalue weighted by Gasteiger charge is -2.32. The van der Waals surface area contributed by atoms with Crippen LogP contribution in [0.25, 0.3) is 0 Å². The maximum absolute atomic E-state index is 9.00. The lowest BCUT2D eigenvalue weighted by Crippen LogP contribution is -2.44. The first-order valence-corrected chi connectivity index (χ1v) is 4.31. The van der Waals surface area contributed by atoms with Crippen LogP contribution in [0.4, 0.5) is 0 Å². The summed E-state index contributed by atoms with van der Waals surface area (Å²) >= 11 is 0. The number of morpholine rings is 1. The molecule has 1 atom stereocenters. The number of aliphatic hydroxyl groups excluding tert-OH is 1. The second-order valence-corrected chi connectivity index (χ2v) is 2.89. The molecule has 0 spiro atoms. The highest BCUT2D eigenvalue weighted by Crippen LogP contribution is 2.05. The van der Waals surface area contributed by atoms with E-state index in [1.54, 1.807) is 0 Å². The van der Waals surface area contributed by atoms with E-state index in [4.69, 9.17) is 9.84 Å². The molecule has 66 valence electrons. The fourth-order valence-corrected chi connectivity index (χ4v) is 1.45. The van der Waals surface area contributed by atoms with E-state index in [2.05, 4.69) is 11.8 Å². The summed E-state index contributed by atoms with van der Waals surface area (Å²) < 4.78 is 5.22. The molecule has 3 heteroatoms. The molecule has 1 aliphatic rings. The Labute approximate surface area is 68.0 Å². The molecule has 0 aromatic heterocycles. The zero-order chi connectivity index (χ0) is 8.10. The molecule has 0 saturated carbocycles. The monoisotopic (exact) mass is 159 g/mol. The third-order valence-corrected chi connectivity index (χ3v) is 2.24. The summed E-state index contributed by atoms with van der Waals surface area (Å²) in [6.45, 7) is 5.96. The Hall–Kier alpha value is -0.120. The summed E-state index contributed by atoms with van der Waals surface area (Å²) in [5, 5.41) is 9.00.